The van der Waals surface area contributed by atoms with E-state index in [-0.39, 0.29) is 12.5 Å². The molecule has 1 heterocycles. The van der Waals surface area contributed by atoms with Gasteiger partial charge in [0.25, 0.3) is 5.91 Å². The zero-order chi connectivity index (χ0) is 12.1. The van der Waals surface area contributed by atoms with Crippen LogP contribution in [0.4, 0.5) is 0 Å². The number of methoxy groups -OCH3 is 1. The van der Waals surface area contributed by atoms with Gasteiger partial charge >= 0.3 is 5.97 Å². The van der Waals surface area contributed by atoms with Crippen molar-refractivity contribution in [1.29, 1.82) is 0 Å². The van der Waals surface area contributed by atoms with Crippen LogP contribution < -0.4 is 5.32 Å². The van der Waals surface area contributed by atoms with E-state index in [1.165, 1.54) is 13.2 Å². The Morgan fingerprint density at radius 2 is 2.12 bits per heavy atom. The van der Waals surface area contributed by atoms with Gasteiger partial charge in [0, 0.05) is 6.54 Å². The Hall–Kier alpha value is -1.40. The fourth-order valence-corrected chi connectivity index (χ4v) is 1.84. The summed E-state index contributed by atoms with van der Waals surface area (Å²) in [5.74, 6) is -0.763. The van der Waals surface area contributed by atoms with Crippen molar-refractivity contribution in [2.45, 2.75) is 13.0 Å². The number of ether oxygens (including phenoxy) is 1. The second kappa shape index (κ2) is 5.62. The van der Waals surface area contributed by atoms with Gasteiger partial charge in [-0.1, -0.05) is 0 Å². The summed E-state index contributed by atoms with van der Waals surface area (Å²) >= 11 is 1.06. The van der Waals surface area contributed by atoms with E-state index in [4.69, 9.17) is 5.11 Å². The lowest BCUT2D eigenvalue weighted by atomic mass is 10.3. The highest BCUT2D eigenvalue weighted by molar-refractivity contribution is 7.15. The molecule has 0 aliphatic carbocycles. The Balaban J connectivity index is 2.63. The predicted molar refractivity (Wildman–Crippen MR) is 59.7 cm³/mol. The third kappa shape index (κ3) is 3.32. The molecule has 0 spiro atoms. The lowest BCUT2D eigenvalue weighted by molar-refractivity contribution is 0.0606. The molecule has 2 N–H and O–H groups in total. The minimum absolute atomic E-state index is 0.185. The summed E-state index contributed by atoms with van der Waals surface area (Å²) in [7, 11) is 1.29. The van der Waals surface area contributed by atoms with E-state index in [0.29, 0.717) is 9.75 Å². The molecule has 0 radical (unpaired) electrons. The van der Waals surface area contributed by atoms with Crippen LogP contribution in [0, 0.1) is 0 Å². The molecule has 1 unspecified atom stereocenters. The zero-order valence-corrected chi connectivity index (χ0v) is 9.84. The van der Waals surface area contributed by atoms with Crippen LogP contribution in [-0.2, 0) is 4.74 Å². The first-order valence-corrected chi connectivity index (χ1v) is 5.50. The van der Waals surface area contributed by atoms with Crippen LogP contribution in [0.25, 0.3) is 0 Å². The maximum absolute atomic E-state index is 11.5. The van der Waals surface area contributed by atoms with Crippen molar-refractivity contribution in [3.63, 3.8) is 0 Å². The summed E-state index contributed by atoms with van der Waals surface area (Å²) in [6.07, 6.45) is -0.594. The van der Waals surface area contributed by atoms with Gasteiger partial charge in [0.15, 0.2) is 0 Å². The zero-order valence-electron chi connectivity index (χ0n) is 9.02. The first-order chi connectivity index (χ1) is 7.54. The number of esters is 1. The SMILES string of the molecule is COC(=O)c1ccc(C(=O)NCC(C)O)s1. The number of hydrogen-bond donors (Lipinski definition) is 2. The fraction of sp³-hybridized carbons (Fsp3) is 0.400. The van der Waals surface area contributed by atoms with Crippen LogP contribution >= 0.6 is 11.3 Å². The van der Waals surface area contributed by atoms with E-state index < -0.39 is 12.1 Å². The molecule has 0 aliphatic rings. The molecule has 0 bridgehead atoms. The summed E-state index contributed by atoms with van der Waals surface area (Å²) in [6, 6.07) is 3.09. The molecule has 1 aromatic rings. The number of aliphatic hydroxyl groups is 1. The van der Waals surface area contributed by atoms with E-state index in [1.54, 1.807) is 13.0 Å². The second-order valence-corrected chi connectivity index (χ2v) is 4.30. The summed E-state index contributed by atoms with van der Waals surface area (Å²) in [4.78, 5) is 23.4. The first kappa shape index (κ1) is 12.7. The monoisotopic (exact) mass is 243 g/mol. The molecule has 1 rings (SSSR count). The highest BCUT2D eigenvalue weighted by Crippen LogP contribution is 2.17. The Morgan fingerprint density at radius 3 is 2.69 bits per heavy atom. The Morgan fingerprint density at radius 1 is 1.50 bits per heavy atom. The maximum Gasteiger partial charge on any atom is 0.348 e. The van der Waals surface area contributed by atoms with Gasteiger partial charge in [-0.05, 0) is 19.1 Å². The van der Waals surface area contributed by atoms with Crippen molar-refractivity contribution in [2.75, 3.05) is 13.7 Å². The quantitative estimate of drug-likeness (QED) is 0.761. The molecular formula is C10H13NO4S. The van der Waals surface area contributed by atoms with Gasteiger partial charge in [-0.25, -0.2) is 4.79 Å². The number of rotatable bonds is 4. The largest absolute Gasteiger partial charge is 0.465 e. The van der Waals surface area contributed by atoms with E-state index in [0.717, 1.165) is 11.3 Å². The lowest BCUT2D eigenvalue weighted by Gasteiger charge is -2.04. The normalized spacial score (nSPS) is 11.9. The Bertz CT molecular complexity index is 386. The van der Waals surface area contributed by atoms with E-state index >= 15 is 0 Å². The third-order valence-electron chi connectivity index (χ3n) is 1.77. The second-order valence-electron chi connectivity index (χ2n) is 3.21. The number of thiophene rings is 1. The van der Waals surface area contributed by atoms with E-state index in [1.807, 2.05) is 0 Å². The number of nitrogens with one attached hydrogen (secondary N) is 1. The molecule has 1 amide bonds. The number of aliphatic hydroxyl groups excluding tert-OH is 1. The van der Waals surface area contributed by atoms with Gasteiger partial charge < -0.3 is 15.2 Å². The molecule has 5 nitrogen and oxygen atoms in total. The molecule has 1 atom stereocenters. The van der Waals surface area contributed by atoms with Crippen molar-refractivity contribution >= 4 is 23.2 Å². The molecule has 16 heavy (non-hydrogen) atoms. The van der Waals surface area contributed by atoms with E-state index in [9.17, 15) is 9.59 Å². The molecule has 0 saturated carbocycles. The fourth-order valence-electron chi connectivity index (χ4n) is 0.998. The van der Waals surface area contributed by atoms with Gasteiger partial charge in [-0.3, -0.25) is 4.79 Å². The summed E-state index contributed by atoms with van der Waals surface area (Å²) < 4.78 is 4.53. The first-order valence-electron chi connectivity index (χ1n) is 4.69. The Kier molecular flexibility index (Phi) is 4.45. The van der Waals surface area contributed by atoms with Crippen LogP contribution in [0.15, 0.2) is 12.1 Å². The summed E-state index contributed by atoms with van der Waals surface area (Å²) in [6.45, 7) is 1.76. The van der Waals surface area contributed by atoms with E-state index in [2.05, 4.69) is 10.1 Å². The van der Waals surface area contributed by atoms with Gasteiger partial charge in [0.05, 0.1) is 18.1 Å². The molecular weight excluding hydrogens is 230 g/mol. The van der Waals surface area contributed by atoms with Gasteiger partial charge in [-0.15, -0.1) is 11.3 Å². The molecule has 88 valence electrons. The standard InChI is InChI=1S/C10H13NO4S/c1-6(12)5-11-9(13)7-3-4-8(16-7)10(14)15-2/h3-4,6,12H,5H2,1-2H3,(H,11,13). The topological polar surface area (TPSA) is 75.6 Å². The maximum atomic E-state index is 11.5. The average Bonchev–Trinajstić information content (AvgIpc) is 2.74. The van der Waals surface area contributed by atoms with Crippen molar-refractivity contribution in [2.24, 2.45) is 0 Å². The van der Waals surface area contributed by atoms with Crippen molar-refractivity contribution < 1.29 is 19.4 Å². The summed E-state index contributed by atoms with van der Waals surface area (Å²) in [5, 5.41) is 11.5. The third-order valence-corrected chi connectivity index (χ3v) is 2.84. The highest BCUT2D eigenvalue weighted by atomic mass is 32.1. The molecule has 6 heteroatoms. The molecule has 0 aliphatic heterocycles. The van der Waals surface area contributed by atoms with Crippen LogP contribution in [0.3, 0.4) is 0 Å². The van der Waals surface area contributed by atoms with Crippen LogP contribution in [-0.4, -0.2) is 36.7 Å². The molecule has 0 aromatic carbocycles. The number of carbonyl (C=O) groups is 2. The summed E-state index contributed by atoms with van der Waals surface area (Å²) in [5.41, 5.74) is 0. The van der Waals surface area contributed by atoms with Gasteiger partial charge in [-0.2, -0.15) is 0 Å². The van der Waals surface area contributed by atoms with Crippen LogP contribution in [0.5, 0.6) is 0 Å². The van der Waals surface area contributed by atoms with Crippen molar-refractivity contribution in [3.05, 3.63) is 21.9 Å². The minimum Gasteiger partial charge on any atom is -0.465 e. The molecule has 1 aromatic heterocycles. The Labute approximate surface area is 97.0 Å². The number of amides is 1. The average molecular weight is 243 g/mol. The van der Waals surface area contributed by atoms with Crippen LogP contribution in [0.1, 0.15) is 26.3 Å². The predicted octanol–water partition coefficient (Wildman–Crippen LogP) is 0.645. The number of hydrogen-bond acceptors (Lipinski definition) is 5. The van der Waals surface area contributed by atoms with Gasteiger partial charge in [0.2, 0.25) is 0 Å². The van der Waals surface area contributed by atoms with Crippen molar-refractivity contribution in [1.82, 2.24) is 5.32 Å². The molecule has 0 fully saturated rings. The van der Waals surface area contributed by atoms with Crippen molar-refractivity contribution in [3.8, 4) is 0 Å². The lowest BCUT2D eigenvalue weighted by Crippen LogP contribution is -2.29. The van der Waals surface area contributed by atoms with Gasteiger partial charge in [0.1, 0.15) is 4.88 Å². The smallest absolute Gasteiger partial charge is 0.348 e. The number of carbonyl (C=O) groups excluding carboxylic acids is 2. The minimum atomic E-state index is -0.594. The van der Waals surface area contributed by atoms with Crippen LogP contribution in [0.2, 0.25) is 0 Å². The highest BCUT2D eigenvalue weighted by Gasteiger charge is 2.13. The molecule has 0 saturated heterocycles.